The minimum Gasteiger partial charge on any atom is -0.305 e. The van der Waals surface area contributed by atoms with Gasteiger partial charge in [-0.3, -0.25) is 0 Å². The van der Waals surface area contributed by atoms with E-state index in [-0.39, 0.29) is 20.1 Å². The van der Waals surface area contributed by atoms with Gasteiger partial charge in [-0.2, -0.15) is 11.3 Å². The van der Waals surface area contributed by atoms with E-state index >= 15 is 0 Å². The van der Waals surface area contributed by atoms with Crippen LogP contribution in [0.25, 0.3) is 53.8 Å². The first-order chi connectivity index (χ1) is 24.8. The molecule has 0 spiro atoms. The normalized spacial score (nSPS) is 18.1. The molecule has 3 aliphatic carbocycles. The van der Waals surface area contributed by atoms with Crippen LogP contribution in [0.1, 0.15) is 43.2 Å². The first kappa shape index (κ1) is 36.9. The summed E-state index contributed by atoms with van der Waals surface area (Å²) in [7, 11) is 0. The van der Waals surface area contributed by atoms with Crippen molar-refractivity contribution in [3.05, 3.63) is 139 Å². The van der Waals surface area contributed by atoms with E-state index in [1.54, 1.807) is 0 Å². The average Bonchev–Trinajstić information content (AvgIpc) is 3.54. The SMILES string of the molecule is Cc1cc(-c2[c-]cccc2)nc[c]1[Ge]([CH3])([CH3])[CH3].[Ir].[c-]1ccc2c(sc3ccc(-c4ccccc4)cc32)c1-c1cc(CC2CC3CCC2CC3)ccn1. The summed E-state index contributed by atoms with van der Waals surface area (Å²) >= 11 is 0.0945. The molecular formula is C47H46GeIrN2S-2. The maximum absolute atomic E-state index is 4.81. The molecule has 52 heavy (non-hydrogen) atoms. The molecule has 0 N–H and O–H groups in total. The second kappa shape index (κ2) is 15.9. The quantitative estimate of drug-likeness (QED) is 0.123. The Kier molecular flexibility index (Phi) is 11.3. The van der Waals surface area contributed by atoms with Crippen molar-refractivity contribution in [1.29, 1.82) is 0 Å². The molecule has 2 bridgehead atoms. The summed E-state index contributed by atoms with van der Waals surface area (Å²) in [5.41, 5.74) is 9.66. The molecule has 5 heteroatoms. The molecule has 3 heterocycles. The molecule has 10 rings (SSSR count). The van der Waals surface area contributed by atoms with Crippen molar-refractivity contribution in [2.75, 3.05) is 0 Å². The van der Waals surface area contributed by atoms with Gasteiger partial charge in [0, 0.05) is 31.0 Å². The van der Waals surface area contributed by atoms with Gasteiger partial charge in [0.2, 0.25) is 0 Å². The van der Waals surface area contributed by atoms with E-state index in [0.717, 1.165) is 40.3 Å². The van der Waals surface area contributed by atoms with Gasteiger partial charge in [-0.05, 0) is 88.5 Å². The molecule has 4 aromatic carbocycles. The number of rotatable bonds is 6. The summed E-state index contributed by atoms with van der Waals surface area (Å²) in [6, 6.07) is 43.3. The monoisotopic (exact) mass is 937 g/mol. The van der Waals surface area contributed by atoms with Gasteiger partial charge in [0.15, 0.2) is 0 Å². The number of pyridine rings is 2. The van der Waals surface area contributed by atoms with Gasteiger partial charge in [-0.15, -0.1) is 23.8 Å². The number of fused-ring (bicyclic) bond motifs is 6. The van der Waals surface area contributed by atoms with Crippen LogP contribution in [0.5, 0.6) is 0 Å². The summed E-state index contributed by atoms with van der Waals surface area (Å²) in [6.07, 6.45) is 12.6. The summed E-state index contributed by atoms with van der Waals surface area (Å²) in [6.45, 7) is 2.19. The van der Waals surface area contributed by atoms with Crippen LogP contribution in [-0.2, 0) is 26.5 Å². The molecule has 3 aromatic heterocycles. The number of thiophene rings is 1. The van der Waals surface area contributed by atoms with Crippen LogP contribution in [0.15, 0.2) is 116 Å². The minimum atomic E-state index is -1.77. The molecule has 0 saturated heterocycles. The fourth-order valence-corrected chi connectivity index (χ4v) is 13.4. The first-order valence-electron chi connectivity index (χ1n) is 18.6. The standard InChI is InChI=1S/C32H28NS.C15H18GeN.Ir/c1-2-5-23(6-3-1)25-13-14-31-29(20-25)27-7-4-8-28(32(27)34-31)30-19-22(15-16-33-30)18-26-17-21-9-11-24(26)12-10-21;1-12-10-15(13-8-6-5-7-9-13)17-11-14(12)16(2,3)4;/h1-7,13-16,19-21,24,26H,9-12,17-18H2;5-8,10-11H,1-4H3;/q2*-1;. The van der Waals surface area contributed by atoms with Crippen LogP contribution < -0.4 is 4.40 Å². The fourth-order valence-electron chi connectivity index (χ4n) is 8.59. The van der Waals surface area contributed by atoms with E-state index < -0.39 is 13.3 Å². The molecule has 0 aliphatic heterocycles. The van der Waals surface area contributed by atoms with Crippen LogP contribution in [-0.4, -0.2) is 23.2 Å². The Morgan fingerprint density at radius 3 is 2.27 bits per heavy atom. The number of hydrogen-bond acceptors (Lipinski definition) is 3. The Morgan fingerprint density at radius 1 is 0.750 bits per heavy atom. The summed E-state index contributed by atoms with van der Waals surface area (Å²) in [5, 5.41) is 2.63. The van der Waals surface area contributed by atoms with Crippen molar-refractivity contribution in [1.82, 2.24) is 9.97 Å². The number of hydrogen-bond donors (Lipinski definition) is 0. The first-order valence-corrected chi connectivity index (χ1v) is 26.8. The molecule has 265 valence electrons. The Labute approximate surface area is 329 Å². The number of benzene rings is 4. The zero-order valence-corrected chi connectivity index (χ0v) is 35.9. The van der Waals surface area contributed by atoms with Crippen LogP contribution >= 0.6 is 11.3 Å². The molecule has 7 aromatic rings. The van der Waals surface area contributed by atoms with E-state index in [9.17, 15) is 0 Å². The van der Waals surface area contributed by atoms with Gasteiger partial charge in [0.25, 0.3) is 0 Å². The summed E-state index contributed by atoms with van der Waals surface area (Å²) < 4.78 is 4.11. The fraction of sp³-hybridized carbons (Fsp3) is 0.277. The average molecular weight is 936 g/mol. The predicted molar refractivity (Wildman–Crippen MR) is 220 cm³/mol. The Balaban J connectivity index is 0.000000198. The van der Waals surface area contributed by atoms with Crippen LogP contribution in [0, 0.1) is 36.8 Å². The molecule has 3 fully saturated rings. The minimum absolute atomic E-state index is 0. The largest absolute Gasteiger partial charge is 0.305 e. The molecule has 1 atom stereocenters. The van der Waals surface area contributed by atoms with E-state index in [0.29, 0.717) is 0 Å². The van der Waals surface area contributed by atoms with E-state index in [1.165, 1.54) is 85.3 Å². The third-order valence-corrected chi connectivity index (χ3v) is 16.9. The zero-order valence-electron chi connectivity index (χ0n) is 30.6. The molecule has 1 unspecified atom stereocenters. The molecule has 3 aliphatic rings. The van der Waals surface area contributed by atoms with Crippen molar-refractivity contribution >= 4 is 49.2 Å². The second-order valence-electron chi connectivity index (χ2n) is 15.7. The van der Waals surface area contributed by atoms with Crippen LogP contribution in [0.3, 0.4) is 0 Å². The number of aryl methyl sites for hydroxylation is 1. The van der Waals surface area contributed by atoms with Crippen molar-refractivity contribution < 1.29 is 20.1 Å². The Bertz CT molecular complexity index is 2280. The topological polar surface area (TPSA) is 25.8 Å². The van der Waals surface area contributed by atoms with Gasteiger partial charge in [0.05, 0.1) is 0 Å². The van der Waals surface area contributed by atoms with Gasteiger partial charge in [0.1, 0.15) is 0 Å². The van der Waals surface area contributed by atoms with Gasteiger partial charge in [-0.25, -0.2) is 0 Å². The van der Waals surface area contributed by atoms with Crippen LogP contribution in [0.4, 0.5) is 0 Å². The Morgan fingerprint density at radius 2 is 1.56 bits per heavy atom. The third kappa shape index (κ3) is 7.92. The predicted octanol–water partition coefficient (Wildman–Crippen LogP) is 12.4. The van der Waals surface area contributed by atoms with Crippen molar-refractivity contribution in [3.8, 4) is 33.6 Å². The van der Waals surface area contributed by atoms with Gasteiger partial charge < -0.3 is 4.98 Å². The van der Waals surface area contributed by atoms with Crippen molar-refractivity contribution in [2.24, 2.45) is 17.8 Å². The molecule has 0 amide bonds. The smallest absolute Gasteiger partial charge is 0.0240 e. The zero-order chi connectivity index (χ0) is 35.0. The third-order valence-electron chi connectivity index (χ3n) is 11.2. The maximum Gasteiger partial charge on any atom is 0.0240 e. The second-order valence-corrected chi connectivity index (χ2v) is 27.3. The Hall–Kier alpha value is -3.41. The van der Waals surface area contributed by atoms with E-state index in [4.69, 9.17) is 4.98 Å². The molecule has 1 radical (unpaired) electrons. The van der Waals surface area contributed by atoms with Gasteiger partial charge in [-0.1, -0.05) is 66.3 Å². The van der Waals surface area contributed by atoms with Gasteiger partial charge >= 0.3 is 106 Å². The number of aromatic nitrogens is 2. The molecule has 3 saturated carbocycles. The molecular weight excluding hydrogens is 889 g/mol. The summed E-state index contributed by atoms with van der Waals surface area (Å²) in [5.74, 6) is 9.99. The van der Waals surface area contributed by atoms with E-state index in [2.05, 4.69) is 132 Å². The van der Waals surface area contributed by atoms with Crippen molar-refractivity contribution in [2.45, 2.75) is 62.7 Å². The maximum atomic E-state index is 4.81. The van der Waals surface area contributed by atoms with Crippen LogP contribution in [0.2, 0.25) is 17.3 Å². The molecule has 2 nitrogen and oxygen atoms in total. The number of nitrogens with zero attached hydrogens (tertiary/aromatic N) is 2. The van der Waals surface area contributed by atoms with E-state index in [1.807, 2.05) is 35.7 Å². The van der Waals surface area contributed by atoms with Crippen molar-refractivity contribution in [3.63, 3.8) is 0 Å². The summed E-state index contributed by atoms with van der Waals surface area (Å²) in [4.78, 5) is 9.40.